The highest BCUT2D eigenvalue weighted by Gasteiger charge is 2.65. The predicted molar refractivity (Wildman–Crippen MR) is 47.4 cm³/mol. The quantitative estimate of drug-likeness (QED) is 0.704. The molecule has 0 heterocycles. The first kappa shape index (κ1) is 19.6. The Kier molecular flexibility index (Phi) is 5.02. The fraction of sp³-hybridized carbons (Fsp3) is 1.00. The zero-order valence-electron chi connectivity index (χ0n) is 8.34. The van der Waals surface area contributed by atoms with Crippen molar-refractivity contribution in [2.75, 3.05) is 0 Å². The van der Waals surface area contributed by atoms with Gasteiger partial charge in [-0.2, -0.15) is 39.5 Å². The van der Waals surface area contributed by atoms with Crippen LogP contribution in [0.1, 0.15) is 0 Å². The largest absolute Gasteiger partial charge is 0.499 e. The molecule has 0 N–H and O–H groups in total. The number of halogens is 9. The number of rotatable bonds is 3. The van der Waals surface area contributed by atoms with Gasteiger partial charge in [0.05, 0.1) is 0 Å². The van der Waals surface area contributed by atoms with E-state index in [1.807, 2.05) is 0 Å². The maximum Gasteiger partial charge on any atom is 0.499 e. The van der Waals surface area contributed by atoms with Gasteiger partial charge in [0, 0.05) is 0 Å². The minimum Gasteiger partial charge on any atom is -0.217 e. The molecule has 0 aromatic rings. The van der Waals surface area contributed by atoms with E-state index in [2.05, 4.69) is 0 Å². The van der Waals surface area contributed by atoms with E-state index in [1.165, 1.54) is 0 Å². The second-order valence-corrected chi connectivity index (χ2v) is 8.95. The van der Waals surface area contributed by atoms with Crippen LogP contribution in [0.4, 0.5) is 39.5 Å². The Labute approximate surface area is 109 Å². The lowest BCUT2D eigenvalue weighted by molar-refractivity contribution is -0.0466. The van der Waals surface area contributed by atoms with E-state index in [0.29, 0.717) is 0 Å². The van der Waals surface area contributed by atoms with Crippen LogP contribution in [0.3, 0.4) is 0 Å². The Morgan fingerprint density at radius 2 is 0.900 bits per heavy atom. The summed E-state index contributed by atoms with van der Waals surface area (Å²) in [5.74, 6) is 0. The van der Waals surface area contributed by atoms with Crippen molar-refractivity contribution < 1.29 is 56.3 Å². The molecule has 0 amide bonds. The van der Waals surface area contributed by atoms with E-state index in [-0.39, 0.29) is 0 Å². The summed E-state index contributed by atoms with van der Waals surface area (Å²) in [5.41, 5.74) is -19.2. The third-order valence-corrected chi connectivity index (χ3v) is 7.76. The number of hydrogen-bond donors (Lipinski definition) is 0. The van der Waals surface area contributed by atoms with Crippen LogP contribution in [-0.4, -0.2) is 37.3 Å². The molecule has 0 saturated carbocycles. The molecule has 0 aliphatic heterocycles. The van der Waals surface area contributed by atoms with Gasteiger partial charge in [0.15, 0.2) is 0 Å². The monoisotopic (exact) mass is 380 g/mol. The first-order chi connectivity index (χ1) is 8.34. The molecule has 0 aromatic heterocycles. The van der Waals surface area contributed by atoms with E-state index in [0.717, 1.165) is 0 Å². The van der Waals surface area contributed by atoms with Crippen LogP contribution in [0.25, 0.3) is 0 Å². The average molecular weight is 380 g/mol. The molecular weight excluding hydrogens is 379 g/mol. The van der Waals surface area contributed by atoms with E-state index in [4.69, 9.17) is 0 Å². The average Bonchev–Trinajstić information content (AvgIpc) is 2.08. The van der Waals surface area contributed by atoms with Gasteiger partial charge >= 0.3 is 16.5 Å². The van der Waals surface area contributed by atoms with E-state index < -0.39 is 51.9 Å². The molecule has 0 aliphatic carbocycles. The van der Waals surface area contributed by atoms with Gasteiger partial charge in [-0.25, -0.2) is 16.8 Å². The molecule has 0 rings (SSSR count). The van der Waals surface area contributed by atoms with Crippen molar-refractivity contribution in [2.45, 2.75) is 20.4 Å². The maximum atomic E-state index is 12.0. The topological polar surface area (TPSA) is 68.3 Å². The van der Waals surface area contributed by atoms with Crippen LogP contribution in [0.5, 0.6) is 0 Å². The van der Waals surface area contributed by atoms with Gasteiger partial charge in [0.1, 0.15) is 0 Å². The van der Waals surface area contributed by atoms with Gasteiger partial charge in [0.25, 0.3) is 19.7 Å². The molecular formula is C4HF9O4S3. The molecule has 0 aromatic carbocycles. The molecule has 16 heteroatoms. The number of hydrogen-bond acceptors (Lipinski definition) is 5. The number of thioether (sulfide) groups is 1. The van der Waals surface area contributed by atoms with Crippen molar-refractivity contribution in [3.63, 3.8) is 0 Å². The van der Waals surface area contributed by atoms with Crippen LogP contribution < -0.4 is 0 Å². The zero-order chi connectivity index (χ0) is 16.8. The Balaban J connectivity index is 6.20. The van der Waals surface area contributed by atoms with Crippen LogP contribution in [0.15, 0.2) is 0 Å². The normalized spacial score (nSPS) is 15.7. The summed E-state index contributed by atoms with van der Waals surface area (Å²) in [4.78, 5) is 0. The smallest absolute Gasteiger partial charge is 0.217 e. The lowest BCUT2D eigenvalue weighted by Gasteiger charge is -2.21. The summed E-state index contributed by atoms with van der Waals surface area (Å²) in [6, 6.07) is 0. The highest BCUT2D eigenvalue weighted by molar-refractivity contribution is 8.27. The second kappa shape index (κ2) is 5.11. The maximum absolute atomic E-state index is 12.0. The zero-order valence-corrected chi connectivity index (χ0v) is 10.8. The molecule has 20 heavy (non-hydrogen) atoms. The molecule has 122 valence electrons. The van der Waals surface area contributed by atoms with Gasteiger partial charge in [-0.1, -0.05) is 0 Å². The third kappa shape index (κ3) is 4.06. The highest BCUT2D eigenvalue weighted by Crippen LogP contribution is 2.46. The lowest BCUT2D eigenvalue weighted by atomic mass is 11.5. The summed E-state index contributed by atoms with van der Waals surface area (Å²) in [6.07, 6.45) is 0. The number of sulfone groups is 2. The van der Waals surface area contributed by atoms with E-state index >= 15 is 0 Å². The fourth-order valence-corrected chi connectivity index (χ4v) is 5.59. The molecule has 0 atom stereocenters. The van der Waals surface area contributed by atoms with Gasteiger partial charge < -0.3 is 0 Å². The van der Waals surface area contributed by atoms with E-state index in [1.54, 1.807) is 0 Å². The van der Waals surface area contributed by atoms with Gasteiger partial charge in [-0.05, 0) is 11.8 Å². The second-order valence-electron chi connectivity index (χ2n) is 2.83. The first-order valence-electron chi connectivity index (χ1n) is 3.69. The molecule has 0 aliphatic rings. The first-order valence-corrected chi connectivity index (χ1v) is 7.66. The van der Waals surface area contributed by atoms with Crippen molar-refractivity contribution in [3.05, 3.63) is 0 Å². The predicted octanol–water partition coefficient (Wildman–Crippen LogP) is 2.39. The van der Waals surface area contributed by atoms with Gasteiger partial charge in [-0.15, -0.1) is 0 Å². The van der Waals surface area contributed by atoms with Crippen LogP contribution >= 0.6 is 11.8 Å². The molecule has 0 spiro atoms. The fourth-order valence-electron chi connectivity index (χ4n) is 0.621. The van der Waals surface area contributed by atoms with Gasteiger partial charge in [0.2, 0.25) is 3.91 Å². The lowest BCUT2D eigenvalue weighted by Crippen LogP contribution is -2.44. The van der Waals surface area contributed by atoms with Crippen molar-refractivity contribution in [2.24, 2.45) is 0 Å². The van der Waals surface area contributed by atoms with E-state index in [9.17, 15) is 56.3 Å². The third-order valence-electron chi connectivity index (χ3n) is 1.38. The Morgan fingerprint density at radius 1 is 0.650 bits per heavy atom. The van der Waals surface area contributed by atoms with Crippen molar-refractivity contribution >= 4 is 31.4 Å². The van der Waals surface area contributed by atoms with Crippen molar-refractivity contribution in [1.82, 2.24) is 0 Å². The molecule has 0 unspecified atom stereocenters. The van der Waals surface area contributed by atoms with Crippen LogP contribution in [-0.2, 0) is 19.7 Å². The summed E-state index contributed by atoms with van der Waals surface area (Å²) in [7, 11) is -14.6. The standard InChI is InChI=1S/C4HF9O4S3/c5-2(6,7)18-1(19(14,15)3(8,9)10)20(16,17)4(11,12)13/h1H. The van der Waals surface area contributed by atoms with Crippen molar-refractivity contribution in [1.29, 1.82) is 0 Å². The Bertz CT molecular complexity index is 505. The summed E-state index contributed by atoms with van der Waals surface area (Å²) < 4.78 is 145. The van der Waals surface area contributed by atoms with Crippen LogP contribution in [0.2, 0.25) is 0 Å². The molecule has 4 nitrogen and oxygen atoms in total. The molecule has 0 saturated heterocycles. The highest BCUT2D eigenvalue weighted by atomic mass is 32.3. The number of alkyl halides is 9. The molecule has 0 fully saturated rings. The Morgan fingerprint density at radius 3 is 1.05 bits per heavy atom. The summed E-state index contributed by atoms with van der Waals surface area (Å²) >= 11 is -2.45. The van der Waals surface area contributed by atoms with Crippen LogP contribution in [0, 0.1) is 0 Å². The summed E-state index contributed by atoms with van der Waals surface area (Å²) in [6.45, 7) is 0. The van der Waals surface area contributed by atoms with Gasteiger partial charge in [-0.3, -0.25) is 0 Å². The summed E-state index contributed by atoms with van der Waals surface area (Å²) in [5, 5.41) is 0. The Hall–Kier alpha value is -0.380. The minimum absolute atomic E-state index is 2.45. The minimum atomic E-state index is -7.28. The molecule has 0 bridgehead atoms. The van der Waals surface area contributed by atoms with Crippen molar-refractivity contribution in [3.8, 4) is 0 Å². The molecule has 0 radical (unpaired) electrons. The SMILES string of the molecule is O=S(=O)(C(SC(F)(F)F)S(=O)(=O)C(F)(F)F)C(F)(F)F.